The quantitative estimate of drug-likeness (QED) is 0.683. The van der Waals surface area contributed by atoms with Crippen molar-refractivity contribution in [3.8, 4) is 11.5 Å². The Bertz CT molecular complexity index is 883. The molecule has 104 valence electrons. The molecule has 0 unspecified atom stereocenters. The van der Waals surface area contributed by atoms with Gasteiger partial charge in [-0.1, -0.05) is 36.5 Å². The molecule has 1 N–H and O–H groups in total. The SMILES string of the molecule is S=c1nc(-c2ccc3ccccc3n2)[nH]c2c1CCCC2. The van der Waals surface area contributed by atoms with Gasteiger partial charge in [-0.05, 0) is 37.8 Å². The second-order valence-corrected chi connectivity index (χ2v) is 5.83. The molecule has 2 aromatic heterocycles. The van der Waals surface area contributed by atoms with Crippen molar-refractivity contribution < 1.29 is 0 Å². The van der Waals surface area contributed by atoms with Crippen molar-refractivity contribution in [1.29, 1.82) is 0 Å². The molecule has 0 bridgehead atoms. The van der Waals surface area contributed by atoms with Gasteiger partial charge in [-0.2, -0.15) is 0 Å². The van der Waals surface area contributed by atoms with Crippen molar-refractivity contribution in [2.24, 2.45) is 0 Å². The highest BCUT2D eigenvalue weighted by Crippen LogP contribution is 2.24. The first-order valence-electron chi connectivity index (χ1n) is 7.29. The van der Waals surface area contributed by atoms with E-state index < -0.39 is 0 Å². The number of nitrogens with zero attached hydrogens (tertiary/aromatic N) is 2. The number of fused-ring (bicyclic) bond motifs is 2. The highest BCUT2D eigenvalue weighted by Gasteiger charge is 2.14. The molecule has 4 heteroatoms. The summed E-state index contributed by atoms with van der Waals surface area (Å²) in [6.45, 7) is 0. The van der Waals surface area contributed by atoms with Gasteiger partial charge in [0.15, 0.2) is 5.82 Å². The smallest absolute Gasteiger partial charge is 0.157 e. The third-order valence-electron chi connectivity index (χ3n) is 4.05. The number of benzene rings is 1. The molecular weight excluding hydrogens is 278 g/mol. The van der Waals surface area contributed by atoms with Crippen LogP contribution in [0.1, 0.15) is 24.1 Å². The molecule has 21 heavy (non-hydrogen) atoms. The topological polar surface area (TPSA) is 41.6 Å². The van der Waals surface area contributed by atoms with E-state index in [-0.39, 0.29) is 0 Å². The normalized spacial score (nSPS) is 14.1. The first-order valence-corrected chi connectivity index (χ1v) is 7.70. The van der Waals surface area contributed by atoms with Crippen LogP contribution in [0.4, 0.5) is 0 Å². The lowest BCUT2D eigenvalue weighted by molar-refractivity contribution is 0.661. The number of para-hydroxylation sites is 1. The van der Waals surface area contributed by atoms with Crippen LogP contribution in [0.15, 0.2) is 36.4 Å². The zero-order chi connectivity index (χ0) is 14.2. The molecule has 0 aliphatic heterocycles. The molecule has 0 atom stereocenters. The summed E-state index contributed by atoms with van der Waals surface area (Å²) in [5.41, 5.74) is 4.30. The molecule has 2 heterocycles. The van der Waals surface area contributed by atoms with E-state index in [1.807, 2.05) is 24.3 Å². The van der Waals surface area contributed by atoms with Crippen LogP contribution in [-0.4, -0.2) is 15.0 Å². The molecule has 1 aromatic carbocycles. The second kappa shape index (κ2) is 5.04. The van der Waals surface area contributed by atoms with Gasteiger partial charge < -0.3 is 4.98 Å². The zero-order valence-corrected chi connectivity index (χ0v) is 12.4. The Labute approximate surface area is 128 Å². The fraction of sp³-hybridized carbons (Fsp3) is 0.235. The second-order valence-electron chi connectivity index (χ2n) is 5.44. The van der Waals surface area contributed by atoms with E-state index in [4.69, 9.17) is 17.2 Å². The van der Waals surface area contributed by atoms with Crippen molar-refractivity contribution in [3.05, 3.63) is 52.3 Å². The molecule has 1 aliphatic carbocycles. The van der Waals surface area contributed by atoms with Gasteiger partial charge in [0.05, 0.1) is 5.52 Å². The molecule has 0 spiro atoms. The summed E-state index contributed by atoms with van der Waals surface area (Å²) in [6.07, 6.45) is 4.53. The minimum absolute atomic E-state index is 0.730. The molecule has 3 nitrogen and oxygen atoms in total. The lowest BCUT2D eigenvalue weighted by Crippen LogP contribution is -2.09. The maximum absolute atomic E-state index is 5.46. The van der Waals surface area contributed by atoms with E-state index in [2.05, 4.69) is 22.1 Å². The van der Waals surface area contributed by atoms with Gasteiger partial charge in [-0.25, -0.2) is 9.97 Å². The maximum Gasteiger partial charge on any atom is 0.157 e. The van der Waals surface area contributed by atoms with Gasteiger partial charge in [0, 0.05) is 16.6 Å². The predicted molar refractivity (Wildman–Crippen MR) is 86.8 cm³/mol. The van der Waals surface area contributed by atoms with E-state index >= 15 is 0 Å². The highest BCUT2D eigenvalue weighted by atomic mass is 32.1. The maximum atomic E-state index is 5.46. The number of nitrogens with one attached hydrogen (secondary N) is 1. The Hall–Kier alpha value is -2.07. The van der Waals surface area contributed by atoms with Crippen molar-refractivity contribution in [2.75, 3.05) is 0 Å². The Morgan fingerprint density at radius 2 is 1.81 bits per heavy atom. The molecule has 3 aromatic rings. The van der Waals surface area contributed by atoms with E-state index in [0.717, 1.165) is 39.9 Å². The van der Waals surface area contributed by atoms with Crippen LogP contribution in [0, 0.1) is 4.64 Å². The van der Waals surface area contributed by atoms with E-state index in [1.165, 1.54) is 24.1 Å². The molecule has 4 rings (SSSR count). The van der Waals surface area contributed by atoms with Crippen molar-refractivity contribution >= 4 is 23.1 Å². The molecule has 1 aliphatic rings. The molecule has 0 saturated heterocycles. The van der Waals surface area contributed by atoms with Gasteiger partial charge in [-0.3, -0.25) is 0 Å². The van der Waals surface area contributed by atoms with Crippen LogP contribution >= 0.6 is 12.2 Å². The summed E-state index contributed by atoms with van der Waals surface area (Å²) in [4.78, 5) is 12.7. The number of hydrogen-bond donors (Lipinski definition) is 1. The minimum atomic E-state index is 0.730. The molecular formula is C17H15N3S. The monoisotopic (exact) mass is 293 g/mol. The summed E-state index contributed by atoms with van der Waals surface area (Å²) in [5, 5.41) is 1.14. The lowest BCUT2D eigenvalue weighted by Gasteiger charge is -2.16. The molecule has 0 saturated carbocycles. The fourth-order valence-electron chi connectivity index (χ4n) is 2.94. The van der Waals surface area contributed by atoms with Gasteiger partial charge >= 0.3 is 0 Å². The third-order valence-corrected chi connectivity index (χ3v) is 4.39. The summed E-state index contributed by atoms with van der Waals surface area (Å²) >= 11 is 5.46. The summed E-state index contributed by atoms with van der Waals surface area (Å²) in [7, 11) is 0. The number of rotatable bonds is 1. The van der Waals surface area contributed by atoms with Gasteiger partial charge in [0.25, 0.3) is 0 Å². The van der Waals surface area contributed by atoms with Crippen LogP contribution in [0.25, 0.3) is 22.4 Å². The lowest BCUT2D eigenvalue weighted by atomic mass is 9.97. The number of aryl methyl sites for hydroxylation is 1. The number of aromatic amines is 1. The van der Waals surface area contributed by atoms with E-state index in [1.54, 1.807) is 0 Å². The van der Waals surface area contributed by atoms with Crippen molar-refractivity contribution in [3.63, 3.8) is 0 Å². The zero-order valence-electron chi connectivity index (χ0n) is 11.6. The average Bonchev–Trinajstić information content (AvgIpc) is 2.54. The molecule has 0 fully saturated rings. The molecule has 0 amide bonds. The summed E-state index contributed by atoms with van der Waals surface area (Å²) in [5.74, 6) is 0.784. The number of H-pyrrole nitrogens is 1. The number of aromatic nitrogens is 3. The standard InChI is InChI=1S/C17H15N3S/c21-17-12-6-2-4-8-14(12)19-16(20-17)15-10-9-11-5-1-3-7-13(11)18-15/h1,3,5,7,9-10H,2,4,6,8H2,(H,19,20,21). The van der Waals surface area contributed by atoms with Crippen LogP contribution in [0.5, 0.6) is 0 Å². The van der Waals surface area contributed by atoms with Crippen molar-refractivity contribution in [1.82, 2.24) is 15.0 Å². The summed E-state index contributed by atoms with van der Waals surface area (Å²) < 4.78 is 0.730. The first-order chi connectivity index (χ1) is 10.3. The minimum Gasteiger partial charge on any atom is -0.342 e. The van der Waals surface area contributed by atoms with E-state index in [0.29, 0.717) is 0 Å². The Kier molecular flexibility index (Phi) is 3.04. The highest BCUT2D eigenvalue weighted by molar-refractivity contribution is 7.71. The van der Waals surface area contributed by atoms with Crippen LogP contribution in [0.2, 0.25) is 0 Å². The van der Waals surface area contributed by atoms with Crippen LogP contribution < -0.4 is 0 Å². The predicted octanol–water partition coefficient (Wildman–Crippen LogP) is 4.23. The first kappa shape index (κ1) is 12.7. The fourth-order valence-corrected chi connectivity index (χ4v) is 3.25. The Morgan fingerprint density at radius 1 is 0.952 bits per heavy atom. The average molecular weight is 293 g/mol. The largest absolute Gasteiger partial charge is 0.342 e. The number of hydrogen-bond acceptors (Lipinski definition) is 3. The Balaban J connectivity index is 1.88. The third kappa shape index (κ3) is 2.25. The molecule has 0 radical (unpaired) electrons. The van der Waals surface area contributed by atoms with Gasteiger partial charge in [-0.15, -0.1) is 0 Å². The Morgan fingerprint density at radius 3 is 2.76 bits per heavy atom. The summed E-state index contributed by atoms with van der Waals surface area (Å²) in [6, 6.07) is 12.2. The van der Waals surface area contributed by atoms with Crippen molar-refractivity contribution in [2.45, 2.75) is 25.7 Å². The van der Waals surface area contributed by atoms with Gasteiger partial charge in [0.2, 0.25) is 0 Å². The van der Waals surface area contributed by atoms with Crippen LogP contribution in [-0.2, 0) is 12.8 Å². The van der Waals surface area contributed by atoms with Gasteiger partial charge in [0.1, 0.15) is 10.3 Å². The van der Waals surface area contributed by atoms with E-state index in [9.17, 15) is 0 Å². The van der Waals surface area contributed by atoms with Crippen LogP contribution in [0.3, 0.4) is 0 Å². The number of pyridine rings is 1.